The maximum Gasteiger partial charge on any atom is 0.162 e. The maximum absolute atomic E-state index is 12.1. The standard InChI is InChI=1S/C16H19BrN2O/c1-12(2)16-18-9-11-19(16)10-3-4-15(20)13-5-7-14(17)8-6-13/h5-9,11-12H,3-4,10H2,1-2H3. The smallest absolute Gasteiger partial charge is 0.162 e. The predicted molar refractivity (Wildman–Crippen MR) is 84.0 cm³/mol. The SMILES string of the molecule is CC(C)c1nccn1CCCC(=O)c1ccc(Br)cc1. The van der Waals surface area contributed by atoms with E-state index < -0.39 is 0 Å². The molecule has 0 spiro atoms. The summed E-state index contributed by atoms with van der Waals surface area (Å²) in [5.41, 5.74) is 0.780. The van der Waals surface area contributed by atoms with Crippen LogP contribution in [0.25, 0.3) is 0 Å². The highest BCUT2D eigenvalue weighted by Gasteiger charge is 2.09. The average Bonchev–Trinajstić information content (AvgIpc) is 2.88. The number of ketones is 1. The van der Waals surface area contributed by atoms with E-state index in [-0.39, 0.29) is 5.78 Å². The number of nitrogens with zero attached hydrogens (tertiary/aromatic N) is 2. The van der Waals surface area contributed by atoms with Gasteiger partial charge in [-0.25, -0.2) is 4.98 Å². The number of Topliss-reactive ketones (excluding diaryl/α,β-unsaturated/α-hetero) is 1. The van der Waals surface area contributed by atoms with Crippen molar-refractivity contribution in [3.63, 3.8) is 0 Å². The fraction of sp³-hybridized carbons (Fsp3) is 0.375. The van der Waals surface area contributed by atoms with E-state index >= 15 is 0 Å². The van der Waals surface area contributed by atoms with E-state index in [1.807, 2.05) is 36.7 Å². The molecule has 0 bridgehead atoms. The van der Waals surface area contributed by atoms with Crippen LogP contribution in [-0.4, -0.2) is 15.3 Å². The van der Waals surface area contributed by atoms with Crippen LogP contribution in [0.4, 0.5) is 0 Å². The van der Waals surface area contributed by atoms with Crippen molar-refractivity contribution in [1.82, 2.24) is 9.55 Å². The first kappa shape index (κ1) is 15.0. The highest BCUT2D eigenvalue weighted by molar-refractivity contribution is 9.10. The highest BCUT2D eigenvalue weighted by atomic mass is 79.9. The summed E-state index contributed by atoms with van der Waals surface area (Å²) in [6.45, 7) is 5.10. The number of carbonyl (C=O) groups is 1. The minimum absolute atomic E-state index is 0.198. The number of aromatic nitrogens is 2. The number of benzene rings is 1. The second-order valence-electron chi connectivity index (χ2n) is 5.17. The van der Waals surface area contributed by atoms with E-state index in [0.717, 1.165) is 28.8 Å². The van der Waals surface area contributed by atoms with Gasteiger partial charge in [-0.1, -0.05) is 41.9 Å². The van der Waals surface area contributed by atoms with Gasteiger partial charge >= 0.3 is 0 Å². The molecule has 0 saturated carbocycles. The molecule has 1 aromatic heterocycles. The van der Waals surface area contributed by atoms with Crippen molar-refractivity contribution >= 4 is 21.7 Å². The first-order valence-corrected chi connectivity index (χ1v) is 7.67. The Balaban J connectivity index is 1.88. The van der Waals surface area contributed by atoms with Crippen molar-refractivity contribution in [2.75, 3.05) is 0 Å². The molecule has 1 aromatic carbocycles. The van der Waals surface area contributed by atoms with Gasteiger partial charge in [-0.3, -0.25) is 4.79 Å². The third-order valence-corrected chi connectivity index (χ3v) is 3.76. The van der Waals surface area contributed by atoms with Gasteiger partial charge in [0.25, 0.3) is 0 Å². The quantitative estimate of drug-likeness (QED) is 0.732. The van der Waals surface area contributed by atoms with E-state index in [1.165, 1.54) is 0 Å². The Labute approximate surface area is 128 Å². The Bertz CT molecular complexity index is 572. The highest BCUT2D eigenvalue weighted by Crippen LogP contribution is 2.15. The third-order valence-electron chi connectivity index (χ3n) is 3.23. The molecule has 0 saturated heterocycles. The Morgan fingerprint density at radius 1 is 1.30 bits per heavy atom. The summed E-state index contributed by atoms with van der Waals surface area (Å²) in [6.07, 6.45) is 5.22. The first-order valence-electron chi connectivity index (χ1n) is 6.87. The second-order valence-corrected chi connectivity index (χ2v) is 6.08. The van der Waals surface area contributed by atoms with E-state index in [2.05, 4.69) is 39.3 Å². The van der Waals surface area contributed by atoms with Crippen LogP contribution in [0.2, 0.25) is 0 Å². The molecule has 0 N–H and O–H groups in total. The van der Waals surface area contributed by atoms with E-state index in [9.17, 15) is 4.79 Å². The summed E-state index contributed by atoms with van der Waals surface area (Å²) in [4.78, 5) is 16.4. The van der Waals surface area contributed by atoms with Crippen LogP contribution >= 0.6 is 15.9 Å². The van der Waals surface area contributed by atoms with Gasteiger partial charge < -0.3 is 4.57 Å². The van der Waals surface area contributed by atoms with E-state index in [1.54, 1.807) is 0 Å². The Hall–Kier alpha value is -1.42. The van der Waals surface area contributed by atoms with E-state index in [4.69, 9.17) is 0 Å². The molecule has 2 aromatic rings. The summed E-state index contributed by atoms with van der Waals surface area (Å²) >= 11 is 3.37. The monoisotopic (exact) mass is 334 g/mol. The minimum atomic E-state index is 0.198. The number of imidazole rings is 1. The lowest BCUT2D eigenvalue weighted by molar-refractivity contribution is 0.0978. The number of rotatable bonds is 6. The zero-order valence-electron chi connectivity index (χ0n) is 11.8. The Morgan fingerprint density at radius 2 is 2.00 bits per heavy atom. The van der Waals surface area contributed by atoms with Gasteiger partial charge in [0.1, 0.15) is 5.82 Å². The zero-order valence-corrected chi connectivity index (χ0v) is 13.4. The van der Waals surface area contributed by atoms with Crippen LogP contribution in [0.1, 0.15) is 48.8 Å². The first-order chi connectivity index (χ1) is 9.58. The number of hydrogen-bond acceptors (Lipinski definition) is 2. The van der Waals surface area contributed by atoms with Gasteiger partial charge in [0.05, 0.1) is 0 Å². The van der Waals surface area contributed by atoms with Gasteiger partial charge in [-0.05, 0) is 18.6 Å². The van der Waals surface area contributed by atoms with Gasteiger partial charge in [0.2, 0.25) is 0 Å². The summed E-state index contributed by atoms with van der Waals surface area (Å²) < 4.78 is 3.13. The molecule has 0 unspecified atom stereocenters. The molecule has 0 amide bonds. The topological polar surface area (TPSA) is 34.9 Å². The van der Waals surface area contributed by atoms with Gasteiger partial charge in [0, 0.05) is 41.3 Å². The van der Waals surface area contributed by atoms with Crippen molar-refractivity contribution in [2.24, 2.45) is 0 Å². The number of halogens is 1. The second kappa shape index (κ2) is 6.84. The summed E-state index contributed by atoms with van der Waals surface area (Å²) in [5, 5.41) is 0. The van der Waals surface area contributed by atoms with E-state index in [0.29, 0.717) is 12.3 Å². The Kier molecular flexibility index (Phi) is 5.12. The molecule has 1 heterocycles. The molecule has 2 rings (SSSR count). The molecule has 0 atom stereocenters. The van der Waals surface area contributed by atoms with Gasteiger partial charge in [-0.2, -0.15) is 0 Å². The lowest BCUT2D eigenvalue weighted by Gasteiger charge is -2.09. The largest absolute Gasteiger partial charge is 0.335 e. The number of hydrogen-bond donors (Lipinski definition) is 0. The molecular weight excluding hydrogens is 316 g/mol. The fourth-order valence-corrected chi connectivity index (χ4v) is 2.46. The molecule has 0 aliphatic heterocycles. The van der Waals surface area contributed by atoms with Gasteiger partial charge in [-0.15, -0.1) is 0 Å². The van der Waals surface area contributed by atoms with Gasteiger partial charge in [0.15, 0.2) is 5.78 Å². The van der Waals surface area contributed by atoms with Crippen molar-refractivity contribution in [1.29, 1.82) is 0 Å². The molecule has 20 heavy (non-hydrogen) atoms. The fourth-order valence-electron chi connectivity index (χ4n) is 2.20. The predicted octanol–water partition coefficient (Wildman–Crippen LogP) is 4.43. The van der Waals surface area contributed by atoms with Crippen LogP contribution in [0.15, 0.2) is 41.1 Å². The molecule has 106 valence electrons. The number of carbonyl (C=O) groups excluding carboxylic acids is 1. The normalized spacial score (nSPS) is 11.0. The zero-order chi connectivity index (χ0) is 14.5. The molecule has 0 radical (unpaired) electrons. The van der Waals surface area contributed by atoms with Crippen molar-refractivity contribution in [3.05, 3.63) is 52.5 Å². The lowest BCUT2D eigenvalue weighted by Crippen LogP contribution is -2.07. The minimum Gasteiger partial charge on any atom is -0.335 e. The maximum atomic E-state index is 12.1. The molecule has 3 nitrogen and oxygen atoms in total. The summed E-state index contributed by atoms with van der Waals surface area (Å²) in [5.74, 6) is 1.69. The van der Waals surface area contributed by atoms with Crippen LogP contribution < -0.4 is 0 Å². The molecule has 0 aliphatic rings. The molecule has 0 aliphatic carbocycles. The van der Waals surface area contributed by atoms with Crippen molar-refractivity contribution in [2.45, 2.75) is 39.2 Å². The van der Waals surface area contributed by atoms with Crippen LogP contribution in [0, 0.1) is 0 Å². The van der Waals surface area contributed by atoms with Crippen LogP contribution in [0.3, 0.4) is 0 Å². The van der Waals surface area contributed by atoms with Crippen LogP contribution in [0.5, 0.6) is 0 Å². The Morgan fingerprint density at radius 3 is 2.65 bits per heavy atom. The lowest BCUT2D eigenvalue weighted by atomic mass is 10.1. The molecular formula is C16H19BrN2O. The van der Waals surface area contributed by atoms with Crippen LogP contribution in [-0.2, 0) is 6.54 Å². The van der Waals surface area contributed by atoms with Crippen molar-refractivity contribution in [3.8, 4) is 0 Å². The number of aryl methyl sites for hydroxylation is 1. The summed E-state index contributed by atoms with van der Waals surface area (Å²) in [6, 6.07) is 7.53. The van der Waals surface area contributed by atoms with Crippen molar-refractivity contribution < 1.29 is 4.79 Å². The average molecular weight is 335 g/mol. The molecule has 4 heteroatoms. The third kappa shape index (κ3) is 3.79. The summed E-state index contributed by atoms with van der Waals surface area (Å²) in [7, 11) is 0. The molecule has 0 fully saturated rings.